The van der Waals surface area contributed by atoms with E-state index in [9.17, 15) is 8.42 Å². The number of hydrogen-bond donors (Lipinski definition) is 1. The van der Waals surface area contributed by atoms with Gasteiger partial charge in [0.25, 0.3) is 0 Å². The van der Waals surface area contributed by atoms with Crippen LogP contribution in [-0.4, -0.2) is 18.7 Å². The van der Waals surface area contributed by atoms with Crippen molar-refractivity contribution in [2.75, 3.05) is 0 Å². The first kappa shape index (κ1) is 18.4. The Labute approximate surface area is 147 Å². The van der Waals surface area contributed by atoms with E-state index in [2.05, 4.69) is 4.98 Å². The summed E-state index contributed by atoms with van der Waals surface area (Å²) < 4.78 is 23.5. The number of nitrogens with zero attached hydrogens (tertiary/aromatic N) is 2. The summed E-state index contributed by atoms with van der Waals surface area (Å²) in [6.07, 6.45) is 3.30. The lowest BCUT2D eigenvalue weighted by Crippen LogP contribution is -2.41. The lowest BCUT2D eigenvalue weighted by atomic mass is 9.82. The SMILES string of the molecule is CC(C(C)(C)c1cncc(-c2ccc(C#N)c(Cl)c2)c1)S(N)(=O)=O. The van der Waals surface area contributed by atoms with Gasteiger partial charge in [0.2, 0.25) is 10.0 Å². The molecule has 0 aliphatic carbocycles. The molecular weight excluding hydrogens is 346 g/mol. The highest BCUT2D eigenvalue weighted by atomic mass is 35.5. The topological polar surface area (TPSA) is 96.8 Å². The van der Waals surface area contributed by atoms with Gasteiger partial charge in [0.15, 0.2) is 0 Å². The number of aromatic nitrogens is 1. The Morgan fingerprint density at radius 3 is 2.46 bits per heavy atom. The molecule has 1 atom stereocenters. The predicted molar refractivity (Wildman–Crippen MR) is 95.0 cm³/mol. The lowest BCUT2D eigenvalue weighted by Gasteiger charge is -2.30. The van der Waals surface area contributed by atoms with E-state index in [4.69, 9.17) is 22.0 Å². The van der Waals surface area contributed by atoms with Crippen molar-refractivity contribution in [1.29, 1.82) is 5.26 Å². The van der Waals surface area contributed by atoms with Crippen LogP contribution in [0, 0.1) is 11.3 Å². The number of rotatable bonds is 4. The quantitative estimate of drug-likeness (QED) is 0.901. The standard InChI is InChI=1S/C17H18ClN3O2S/c1-11(24(20,22)23)17(2,3)15-6-14(9-21-10-15)12-4-5-13(8-19)16(18)7-12/h4-7,9-11H,1-3H3,(H2,20,22,23). The summed E-state index contributed by atoms with van der Waals surface area (Å²) in [5.41, 5.74) is 2.02. The fourth-order valence-electron chi connectivity index (χ4n) is 2.38. The van der Waals surface area contributed by atoms with Gasteiger partial charge in [0, 0.05) is 23.4 Å². The second-order valence-electron chi connectivity index (χ2n) is 6.22. The lowest BCUT2D eigenvalue weighted by molar-refractivity contribution is 0.482. The molecule has 2 aromatic rings. The van der Waals surface area contributed by atoms with Gasteiger partial charge in [-0.2, -0.15) is 5.26 Å². The molecule has 1 aromatic carbocycles. The van der Waals surface area contributed by atoms with E-state index in [1.54, 1.807) is 37.5 Å². The molecule has 5 nitrogen and oxygen atoms in total. The molecule has 0 saturated heterocycles. The van der Waals surface area contributed by atoms with Gasteiger partial charge in [-0.3, -0.25) is 4.98 Å². The number of nitrogens with two attached hydrogens (primary N) is 1. The molecule has 1 unspecified atom stereocenters. The fraction of sp³-hybridized carbons (Fsp3) is 0.294. The normalized spacial score (nSPS) is 13.3. The van der Waals surface area contributed by atoms with Crippen LogP contribution >= 0.6 is 11.6 Å². The summed E-state index contributed by atoms with van der Waals surface area (Å²) in [5, 5.41) is 13.8. The van der Waals surface area contributed by atoms with Crippen molar-refractivity contribution in [3.8, 4) is 17.2 Å². The number of primary sulfonamides is 1. The first-order valence-corrected chi connectivity index (χ1v) is 9.23. The summed E-state index contributed by atoms with van der Waals surface area (Å²) in [7, 11) is -3.69. The van der Waals surface area contributed by atoms with Crippen LogP contribution in [0.15, 0.2) is 36.7 Å². The molecule has 2 N–H and O–H groups in total. The van der Waals surface area contributed by atoms with Gasteiger partial charge in [0.1, 0.15) is 6.07 Å². The molecule has 1 heterocycles. The fourth-order valence-corrected chi connectivity index (χ4v) is 3.56. The van der Waals surface area contributed by atoms with Crippen LogP contribution in [0.1, 0.15) is 31.9 Å². The van der Waals surface area contributed by atoms with Crippen molar-refractivity contribution >= 4 is 21.6 Å². The minimum atomic E-state index is -3.69. The minimum absolute atomic E-state index is 0.359. The Kier molecular flexibility index (Phi) is 5.00. The molecule has 0 saturated carbocycles. The summed E-state index contributed by atoms with van der Waals surface area (Å²) in [4.78, 5) is 4.22. The molecule has 126 valence electrons. The van der Waals surface area contributed by atoms with Gasteiger partial charge in [-0.05, 0) is 36.2 Å². The Morgan fingerprint density at radius 2 is 1.92 bits per heavy atom. The highest BCUT2D eigenvalue weighted by molar-refractivity contribution is 7.89. The second-order valence-corrected chi connectivity index (χ2v) is 8.51. The monoisotopic (exact) mass is 363 g/mol. The van der Waals surface area contributed by atoms with Gasteiger partial charge < -0.3 is 0 Å². The molecular formula is C17H18ClN3O2S. The van der Waals surface area contributed by atoms with Crippen LogP contribution < -0.4 is 5.14 Å². The van der Waals surface area contributed by atoms with Crippen molar-refractivity contribution in [3.63, 3.8) is 0 Å². The predicted octanol–water partition coefficient (Wildman–Crippen LogP) is 3.23. The molecule has 24 heavy (non-hydrogen) atoms. The summed E-state index contributed by atoms with van der Waals surface area (Å²) in [6.45, 7) is 5.21. The van der Waals surface area contributed by atoms with Crippen LogP contribution in [-0.2, 0) is 15.4 Å². The van der Waals surface area contributed by atoms with E-state index in [1.165, 1.54) is 0 Å². The average Bonchev–Trinajstić information content (AvgIpc) is 2.53. The van der Waals surface area contributed by atoms with Crippen molar-refractivity contribution in [2.24, 2.45) is 5.14 Å². The maximum absolute atomic E-state index is 11.7. The van der Waals surface area contributed by atoms with E-state index < -0.39 is 20.7 Å². The zero-order chi connectivity index (χ0) is 18.1. The van der Waals surface area contributed by atoms with E-state index in [0.29, 0.717) is 10.6 Å². The van der Waals surface area contributed by atoms with Gasteiger partial charge >= 0.3 is 0 Å². The molecule has 0 amide bonds. The molecule has 7 heteroatoms. The smallest absolute Gasteiger partial charge is 0.212 e. The number of hydrogen-bond acceptors (Lipinski definition) is 4. The zero-order valence-electron chi connectivity index (χ0n) is 13.6. The van der Waals surface area contributed by atoms with Crippen LogP contribution in [0.4, 0.5) is 0 Å². The average molecular weight is 364 g/mol. The summed E-state index contributed by atoms with van der Waals surface area (Å²) >= 11 is 6.08. The Hall–Kier alpha value is -1.94. The number of pyridine rings is 1. The van der Waals surface area contributed by atoms with Crippen molar-refractivity contribution in [1.82, 2.24) is 4.98 Å². The minimum Gasteiger partial charge on any atom is -0.264 e. The third-order valence-corrected chi connectivity index (χ3v) is 6.30. The molecule has 1 aromatic heterocycles. The molecule has 2 rings (SSSR count). The molecule has 0 fully saturated rings. The van der Waals surface area contributed by atoms with Crippen LogP contribution in [0.5, 0.6) is 0 Å². The Balaban J connectivity index is 2.50. The van der Waals surface area contributed by atoms with Gasteiger partial charge in [-0.25, -0.2) is 13.6 Å². The largest absolute Gasteiger partial charge is 0.264 e. The zero-order valence-corrected chi connectivity index (χ0v) is 15.2. The number of halogens is 1. The Morgan fingerprint density at radius 1 is 1.25 bits per heavy atom. The Bertz CT molecular complexity index is 918. The van der Waals surface area contributed by atoms with Gasteiger partial charge in [-0.1, -0.05) is 31.5 Å². The summed E-state index contributed by atoms with van der Waals surface area (Å²) in [6, 6.07) is 8.99. The maximum Gasteiger partial charge on any atom is 0.212 e. The van der Waals surface area contributed by atoms with Gasteiger partial charge in [0.05, 0.1) is 15.8 Å². The highest BCUT2D eigenvalue weighted by Gasteiger charge is 2.35. The number of nitriles is 1. The molecule has 0 spiro atoms. The first-order chi connectivity index (χ1) is 11.1. The van der Waals surface area contributed by atoms with E-state index in [1.807, 2.05) is 26.0 Å². The number of sulfonamides is 1. The van der Waals surface area contributed by atoms with Crippen LogP contribution in [0.25, 0.3) is 11.1 Å². The maximum atomic E-state index is 11.7. The van der Waals surface area contributed by atoms with E-state index in [0.717, 1.165) is 16.7 Å². The van der Waals surface area contributed by atoms with Crippen molar-refractivity contribution in [2.45, 2.75) is 31.4 Å². The third-order valence-electron chi connectivity index (χ3n) is 4.41. The van der Waals surface area contributed by atoms with E-state index in [-0.39, 0.29) is 0 Å². The molecule has 0 bridgehead atoms. The van der Waals surface area contributed by atoms with E-state index >= 15 is 0 Å². The second kappa shape index (κ2) is 6.52. The van der Waals surface area contributed by atoms with Gasteiger partial charge in [-0.15, -0.1) is 0 Å². The number of benzene rings is 1. The van der Waals surface area contributed by atoms with Crippen LogP contribution in [0.3, 0.4) is 0 Å². The summed E-state index contributed by atoms with van der Waals surface area (Å²) in [5.74, 6) is 0. The first-order valence-electron chi connectivity index (χ1n) is 7.24. The van der Waals surface area contributed by atoms with Crippen molar-refractivity contribution < 1.29 is 8.42 Å². The van der Waals surface area contributed by atoms with Crippen LogP contribution in [0.2, 0.25) is 5.02 Å². The molecule has 0 aliphatic rings. The highest BCUT2D eigenvalue weighted by Crippen LogP contribution is 2.33. The molecule has 0 radical (unpaired) electrons. The van der Waals surface area contributed by atoms with Crippen molar-refractivity contribution in [3.05, 3.63) is 52.8 Å². The third kappa shape index (κ3) is 3.59. The molecule has 0 aliphatic heterocycles.